The van der Waals surface area contributed by atoms with E-state index in [2.05, 4.69) is 22.7 Å². The minimum absolute atomic E-state index is 0.171. The molecule has 1 aliphatic rings. The third-order valence-corrected chi connectivity index (χ3v) is 4.33. The van der Waals surface area contributed by atoms with Gasteiger partial charge in [-0.3, -0.25) is 9.48 Å². The van der Waals surface area contributed by atoms with E-state index in [1.165, 1.54) is 0 Å². The van der Waals surface area contributed by atoms with Crippen LogP contribution in [0.5, 0.6) is 0 Å². The van der Waals surface area contributed by atoms with Crippen LogP contribution in [-0.2, 0) is 18.4 Å². The van der Waals surface area contributed by atoms with Crippen molar-refractivity contribution in [1.82, 2.24) is 20.4 Å². The molecular weight excluding hydrogens is 252 g/mol. The average molecular weight is 278 g/mol. The highest BCUT2D eigenvalue weighted by Gasteiger charge is 2.38. The van der Waals surface area contributed by atoms with Gasteiger partial charge in [-0.15, -0.1) is 0 Å². The van der Waals surface area contributed by atoms with Gasteiger partial charge >= 0.3 is 0 Å². The molecule has 0 unspecified atom stereocenters. The molecule has 5 heteroatoms. The van der Waals surface area contributed by atoms with Gasteiger partial charge < -0.3 is 10.6 Å². The standard InChI is InChI=1S/C15H26N4O/c1-4-5-15(6-8-16-9-7-15)14(20)17-10-13-11-19(3)18-12(13)2/h11,16H,4-10H2,1-3H3,(H,17,20). The van der Waals surface area contributed by atoms with Crippen molar-refractivity contribution in [2.45, 2.75) is 46.1 Å². The van der Waals surface area contributed by atoms with Gasteiger partial charge in [0.1, 0.15) is 0 Å². The summed E-state index contributed by atoms with van der Waals surface area (Å²) < 4.78 is 1.79. The Kier molecular flexibility index (Phi) is 4.81. The van der Waals surface area contributed by atoms with E-state index in [0.717, 1.165) is 50.0 Å². The van der Waals surface area contributed by atoms with E-state index in [-0.39, 0.29) is 11.3 Å². The molecule has 2 rings (SSSR count). The van der Waals surface area contributed by atoms with Crippen molar-refractivity contribution in [2.24, 2.45) is 12.5 Å². The number of aryl methyl sites for hydroxylation is 2. The molecule has 1 aromatic rings. The Morgan fingerprint density at radius 3 is 2.75 bits per heavy atom. The van der Waals surface area contributed by atoms with Gasteiger partial charge in [0.15, 0.2) is 0 Å². The lowest BCUT2D eigenvalue weighted by Crippen LogP contribution is -2.47. The van der Waals surface area contributed by atoms with Crippen LogP contribution >= 0.6 is 0 Å². The zero-order chi connectivity index (χ0) is 14.6. The highest BCUT2D eigenvalue weighted by Crippen LogP contribution is 2.34. The quantitative estimate of drug-likeness (QED) is 0.858. The maximum Gasteiger partial charge on any atom is 0.226 e. The van der Waals surface area contributed by atoms with Gasteiger partial charge in [0.2, 0.25) is 5.91 Å². The lowest BCUT2D eigenvalue weighted by molar-refractivity contribution is -0.133. The zero-order valence-corrected chi connectivity index (χ0v) is 12.8. The molecule has 5 nitrogen and oxygen atoms in total. The molecule has 0 saturated carbocycles. The van der Waals surface area contributed by atoms with E-state index >= 15 is 0 Å². The van der Waals surface area contributed by atoms with Crippen LogP contribution in [0.25, 0.3) is 0 Å². The molecule has 2 heterocycles. The Labute approximate surface area is 121 Å². The molecule has 1 amide bonds. The molecule has 0 spiro atoms. The number of hydrogen-bond donors (Lipinski definition) is 2. The lowest BCUT2D eigenvalue weighted by atomic mass is 9.74. The van der Waals surface area contributed by atoms with Gasteiger partial charge in [-0.1, -0.05) is 13.3 Å². The SMILES string of the molecule is CCCC1(C(=O)NCc2cn(C)nc2C)CCNCC1. The number of carbonyl (C=O) groups excluding carboxylic acids is 1. The van der Waals surface area contributed by atoms with Crippen molar-refractivity contribution in [3.63, 3.8) is 0 Å². The average Bonchev–Trinajstić information content (AvgIpc) is 2.75. The van der Waals surface area contributed by atoms with Gasteiger partial charge in [-0.25, -0.2) is 0 Å². The van der Waals surface area contributed by atoms with Crippen LogP contribution < -0.4 is 10.6 Å². The summed E-state index contributed by atoms with van der Waals surface area (Å²) in [6.45, 7) is 6.60. The smallest absolute Gasteiger partial charge is 0.226 e. The zero-order valence-electron chi connectivity index (χ0n) is 12.8. The number of hydrogen-bond acceptors (Lipinski definition) is 3. The van der Waals surface area contributed by atoms with Gasteiger partial charge in [0.05, 0.1) is 11.1 Å². The van der Waals surface area contributed by atoms with Crippen molar-refractivity contribution >= 4 is 5.91 Å². The normalized spacial score (nSPS) is 17.9. The van der Waals surface area contributed by atoms with Crippen LogP contribution in [0.2, 0.25) is 0 Å². The molecule has 2 N–H and O–H groups in total. The van der Waals surface area contributed by atoms with E-state index in [1.54, 1.807) is 4.68 Å². The van der Waals surface area contributed by atoms with E-state index in [0.29, 0.717) is 6.54 Å². The molecular formula is C15H26N4O. The van der Waals surface area contributed by atoms with Gasteiger partial charge in [-0.05, 0) is 39.3 Å². The fourth-order valence-electron chi connectivity index (χ4n) is 3.16. The minimum Gasteiger partial charge on any atom is -0.351 e. The molecule has 20 heavy (non-hydrogen) atoms. The maximum absolute atomic E-state index is 12.6. The molecule has 1 aliphatic heterocycles. The summed E-state index contributed by atoms with van der Waals surface area (Å²) in [5.41, 5.74) is 1.92. The van der Waals surface area contributed by atoms with Crippen molar-refractivity contribution in [2.75, 3.05) is 13.1 Å². The summed E-state index contributed by atoms with van der Waals surface area (Å²) in [5.74, 6) is 0.212. The van der Waals surface area contributed by atoms with Crippen molar-refractivity contribution in [3.05, 3.63) is 17.5 Å². The highest BCUT2D eigenvalue weighted by molar-refractivity contribution is 5.82. The fourth-order valence-corrected chi connectivity index (χ4v) is 3.16. The first-order valence-corrected chi connectivity index (χ1v) is 7.55. The highest BCUT2D eigenvalue weighted by atomic mass is 16.2. The number of nitrogens with one attached hydrogen (secondary N) is 2. The molecule has 0 atom stereocenters. The Morgan fingerprint density at radius 1 is 1.50 bits per heavy atom. The number of carbonyl (C=O) groups is 1. The second kappa shape index (κ2) is 6.39. The van der Waals surface area contributed by atoms with Crippen molar-refractivity contribution in [1.29, 1.82) is 0 Å². The molecule has 1 fully saturated rings. The Morgan fingerprint density at radius 2 is 2.20 bits per heavy atom. The molecule has 112 valence electrons. The van der Waals surface area contributed by atoms with Gasteiger partial charge in [0.25, 0.3) is 0 Å². The molecule has 0 aliphatic carbocycles. The molecule has 0 bridgehead atoms. The number of nitrogens with zero attached hydrogens (tertiary/aromatic N) is 2. The summed E-state index contributed by atoms with van der Waals surface area (Å²) in [6, 6.07) is 0. The third-order valence-electron chi connectivity index (χ3n) is 4.33. The summed E-state index contributed by atoms with van der Waals surface area (Å²) in [6.07, 6.45) is 5.90. The van der Waals surface area contributed by atoms with Gasteiger partial charge in [-0.2, -0.15) is 5.10 Å². The number of amides is 1. The predicted octanol–water partition coefficient (Wildman–Crippen LogP) is 1.51. The van der Waals surface area contributed by atoms with Crippen LogP contribution in [0.4, 0.5) is 0 Å². The first-order valence-electron chi connectivity index (χ1n) is 7.55. The third kappa shape index (κ3) is 3.20. The summed E-state index contributed by atoms with van der Waals surface area (Å²) in [5, 5.41) is 10.8. The molecule has 1 aromatic heterocycles. The van der Waals surface area contributed by atoms with E-state index < -0.39 is 0 Å². The predicted molar refractivity (Wildman–Crippen MR) is 79.2 cm³/mol. The van der Waals surface area contributed by atoms with Crippen LogP contribution in [-0.4, -0.2) is 28.8 Å². The summed E-state index contributed by atoms with van der Waals surface area (Å²) in [4.78, 5) is 12.6. The van der Waals surface area contributed by atoms with Crippen LogP contribution in [0.3, 0.4) is 0 Å². The van der Waals surface area contributed by atoms with E-state index in [4.69, 9.17) is 0 Å². The second-order valence-electron chi connectivity index (χ2n) is 5.88. The summed E-state index contributed by atoms with van der Waals surface area (Å²) >= 11 is 0. The number of piperidine rings is 1. The molecule has 0 radical (unpaired) electrons. The Balaban J connectivity index is 2.00. The first kappa shape index (κ1) is 15.0. The van der Waals surface area contributed by atoms with E-state index in [1.807, 2.05) is 20.2 Å². The number of rotatable bonds is 5. The lowest BCUT2D eigenvalue weighted by Gasteiger charge is -2.36. The maximum atomic E-state index is 12.6. The Hall–Kier alpha value is -1.36. The van der Waals surface area contributed by atoms with Crippen molar-refractivity contribution < 1.29 is 4.79 Å². The first-order chi connectivity index (χ1) is 9.57. The molecule has 0 aromatic carbocycles. The van der Waals surface area contributed by atoms with Crippen molar-refractivity contribution in [3.8, 4) is 0 Å². The molecule has 1 saturated heterocycles. The van der Waals surface area contributed by atoms with Crippen LogP contribution in [0, 0.1) is 12.3 Å². The minimum atomic E-state index is -0.171. The van der Waals surface area contributed by atoms with Gasteiger partial charge in [0, 0.05) is 25.4 Å². The number of aromatic nitrogens is 2. The largest absolute Gasteiger partial charge is 0.351 e. The second-order valence-corrected chi connectivity index (χ2v) is 5.88. The van der Waals surface area contributed by atoms with E-state index in [9.17, 15) is 4.79 Å². The van der Waals surface area contributed by atoms with Crippen LogP contribution in [0.1, 0.15) is 43.9 Å². The topological polar surface area (TPSA) is 59.0 Å². The monoisotopic (exact) mass is 278 g/mol. The fraction of sp³-hybridized carbons (Fsp3) is 0.733. The van der Waals surface area contributed by atoms with Crippen LogP contribution in [0.15, 0.2) is 6.20 Å². The summed E-state index contributed by atoms with van der Waals surface area (Å²) in [7, 11) is 1.91. The Bertz CT molecular complexity index is 455.